The average molecular weight is 494 g/mol. The molecule has 3 rings (SSSR count). The first kappa shape index (κ1) is 25.0. The minimum atomic E-state index is -4.52. The Morgan fingerprint density at radius 3 is 2.47 bits per heavy atom. The highest BCUT2D eigenvalue weighted by molar-refractivity contribution is 6.33. The number of hydrogen-bond donors (Lipinski definition) is 1. The van der Waals surface area contributed by atoms with Gasteiger partial charge in [0, 0.05) is 22.4 Å². The fourth-order valence-corrected chi connectivity index (χ4v) is 3.08. The number of nitrogens with one attached hydrogen (secondary N) is 1. The standard InChI is InChI=1S/C24H17ClF5N3O/c1-12(2)15(6-4-13(3)24(28,29)30)23(34)32-14-5-7-17(25)16(10-14)20-11-31-22-19(33-20)9-8-18(26)21(22)27/h4-11H,1H2,2-3H3,(H,32,34)/b13-4+,15-6+. The molecule has 0 aliphatic carbocycles. The molecule has 0 aliphatic heterocycles. The zero-order chi connectivity index (χ0) is 25.2. The van der Waals surface area contributed by atoms with Gasteiger partial charge >= 0.3 is 6.18 Å². The number of anilines is 1. The van der Waals surface area contributed by atoms with E-state index in [1.165, 1.54) is 37.4 Å². The molecule has 1 amide bonds. The Morgan fingerprint density at radius 2 is 1.82 bits per heavy atom. The summed E-state index contributed by atoms with van der Waals surface area (Å²) in [5.41, 5.74) is 0.0187. The molecular formula is C24H17ClF5N3O. The van der Waals surface area contributed by atoms with Crippen molar-refractivity contribution in [2.45, 2.75) is 20.0 Å². The Hall–Kier alpha value is -3.59. The van der Waals surface area contributed by atoms with E-state index < -0.39 is 29.3 Å². The van der Waals surface area contributed by atoms with Crippen LogP contribution in [0.15, 0.2) is 72.0 Å². The monoisotopic (exact) mass is 493 g/mol. The van der Waals surface area contributed by atoms with Gasteiger partial charge in [-0.2, -0.15) is 13.2 Å². The number of nitrogens with zero attached hydrogens (tertiary/aromatic N) is 2. The number of fused-ring (bicyclic) bond motifs is 1. The van der Waals surface area contributed by atoms with Gasteiger partial charge in [0.05, 0.1) is 22.4 Å². The van der Waals surface area contributed by atoms with Crippen molar-refractivity contribution in [3.05, 3.63) is 88.6 Å². The number of amides is 1. The molecule has 3 aromatic rings. The predicted octanol–water partition coefficient (Wildman–Crippen LogP) is 7.18. The molecule has 0 radical (unpaired) electrons. The van der Waals surface area contributed by atoms with E-state index >= 15 is 0 Å². The quantitative estimate of drug-likeness (QED) is 0.233. The van der Waals surface area contributed by atoms with E-state index in [0.717, 1.165) is 25.1 Å². The lowest BCUT2D eigenvalue weighted by Crippen LogP contribution is -2.15. The summed E-state index contributed by atoms with van der Waals surface area (Å²) < 4.78 is 65.6. The van der Waals surface area contributed by atoms with Crippen molar-refractivity contribution in [1.82, 2.24) is 9.97 Å². The number of alkyl halides is 3. The average Bonchev–Trinajstić information content (AvgIpc) is 2.76. The Bertz CT molecular complexity index is 1360. The molecular weight excluding hydrogens is 477 g/mol. The molecule has 1 N–H and O–H groups in total. The predicted molar refractivity (Wildman–Crippen MR) is 121 cm³/mol. The van der Waals surface area contributed by atoms with Gasteiger partial charge in [0.2, 0.25) is 0 Å². The van der Waals surface area contributed by atoms with E-state index in [1.54, 1.807) is 0 Å². The van der Waals surface area contributed by atoms with Crippen LogP contribution in [0.2, 0.25) is 5.02 Å². The van der Waals surface area contributed by atoms with Gasteiger partial charge in [-0.15, -0.1) is 0 Å². The van der Waals surface area contributed by atoms with Gasteiger partial charge in [0.15, 0.2) is 11.6 Å². The Labute approximate surface area is 196 Å². The lowest BCUT2D eigenvalue weighted by Gasteiger charge is -2.12. The van der Waals surface area contributed by atoms with Crippen LogP contribution in [0, 0.1) is 11.6 Å². The topological polar surface area (TPSA) is 54.9 Å². The van der Waals surface area contributed by atoms with E-state index in [4.69, 9.17) is 11.6 Å². The summed E-state index contributed by atoms with van der Waals surface area (Å²) in [4.78, 5) is 20.9. The summed E-state index contributed by atoms with van der Waals surface area (Å²) in [5, 5.41) is 2.83. The first-order valence-electron chi connectivity index (χ1n) is 9.72. The van der Waals surface area contributed by atoms with Crippen molar-refractivity contribution in [2.75, 3.05) is 5.32 Å². The fraction of sp³-hybridized carbons (Fsp3) is 0.125. The van der Waals surface area contributed by atoms with Crippen LogP contribution >= 0.6 is 11.6 Å². The highest BCUT2D eigenvalue weighted by Gasteiger charge is 2.29. The molecule has 0 aliphatic rings. The number of carbonyl (C=O) groups excluding carboxylic acids is 1. The Balaban J connectivity index is 1.94. The largest absolute Gasteiger partial charge is 0.412 e. The maximum atomic E-state index is 13.9. The van der Waals surface area contributed by atoms with Crippen molar-refractivity contribution < 1.29 is 26.7 Å². The number of halogens is 6. The van der Waals surface area contributed by atoms with Gasteiger partial charge in [-0.3, -0.25) is 4.79 Å². The smallest absolute Gasteiger partial charge is 0.322 e. The van der Waals surface area contributed by atoms with Crippen molar-refractivity contribution in [3.8, 4) is 11.3 Å². The van der Waals surface area contributed by atoms with Crippen LogP contribution in [0.1, 0.15) is 13.8 Å². The van der Waals surface area contributed by atoms with Crippen molar-refractivity contribution in [2.24, 2.45) is 0 Å². The summed E-state index contributed by atoms with van der Waals surface area (Å²) >= 11 is 6.26. The zero-order valence-corrected chi connectivity index (χ0v) is 18.7. The Morgan fingerprint density at radius 1 is 1.12 bits per heavy atom. The van der Waals surface area contributed by atoms with E-state index in [-0.39, 0.29) is 38.6 Å². The van der Waals surface area contributed by atoms with Crippen LogP contribution in [0.25, 0.3) is 22.3 Å². The van der Waals surface area contributed by atoms with E-state index in [2.05, 4.69) is 21.9 Å². The molecule has 176 valence electrons. The summed E-state index contributed by atoms with van der Waals surface area (Å²) in [6.45, 7) is 6.02. The molecule has 10 heteroatoms. The van der Waals surface area contributed by atoms with Crippen molar-refractivity contribution in [3.63, 3.8) is 0 Å². The molecule has 2 aromatic carbocycles. The van der Waals surface area contributed by atoms with Gasteiger partial charge in [0.1, 0.15) is 5.52 Å². The highest BCUT2D eigenvalue weighted by Crippen LogP contribution is 2.31. The summed E-state index contributed by atoms with van der Waals surface area (Å²) in [5.74, 6) is -2.87. The number of carbonyl (C=O) groups is 1. The van der Waals surface area contributed by atoms with E-state index in [1.807, 2.05) is 0 Å². The molecule has 1 heterocycles. The van der Waals surface area contributed by atoms with Gasteiger partial charge in [0.25, 0.3) is 5.91 Å². The van der Waals surface area contributed by atoms with Crippen LogP contribution in [0.5, 0.6) is 0 Å². The van der Waals surface area contributed by atoms with Crippen molar-refractivity contribution >= 4 is 34.2 Å². The highest BCUT2D eigenvalue weighted by atomic mass is 35.5. The Kier molecular flexibility index (Phi) is 7.16. The third-order valence-electron chi connectivity index (χ3n) is 4.76. The maximum absolute atomic E-state index is 13.9. The molecule has 0 spiro atoms. The minimum absolute atomic E-state index is 0.0527. The minimum Gasteiger partial charge on any atom is -0.322 e. The lowest BCUT2D eigenvalue weighted by atomic mass is 10.1. The molecule has 0 saturated carbocycles. The molecule has 0 bridgehead atoms. The molecule has 0 fully saturated rings. The summed E-state index contributed by atoms with van der Waals surface area (Å²) in [6, 6.07) is 6.63. The molecule has 34 heavy (non-hydrogen) atoms. The zero-order valence-electron chi connectivity index (χ0n) is 17.9. The first-order chi connectivity index (χ1) is 15.9. The molecule has 0 atom stereocenters. The van der Waals surface area contributed by atoms with E-state index in [0.29, 0.717) is 5.56 Å². The fourth-order valence-electron chi connectivity index (χ4n) is 2.87. The van der Waals surface area contributed by atoms with E-state index in [9.17, 15) is 26.7 Å². The number of aromatic nitrogens is 2. The molecule has 0 saturated heterocycles. The SMILES string of the molecule is C=C(C)/C(=C\C=C(/C)C(F)(F)F)C(=O)Nc1ccc(Cl)c(-c2cnc3c(F)c(F)ccc3n2)c1. The third kappa shape index (κ3) is 5.48. The number of rotatable bonds is 5. The number of hydrogen-bond acceptors (Lipinski definition) is 3. The second-order valence-corrected chi connectivity index (χ2v) is 7.75. The first-order valence-corrected chi connectivity index (χ1v) is 10.1. The molecule has 1 aromatic heterocycles. The molecule has 4 nitrogen and oxygen atoms in total. The summed E-state index contributed by atoms with van der Waals surface area (Å²) in [6.07, 6.45) is -1.47. The second kappa shape index (κ2) is 9.72. The van der Waals surface area contributed by atoms with Crippen LogP contribution in [0.4, 0.5) is 27.6 Å². The van der Waals surface area contributed by atoms with Gasteiger partial charge in [-0.05, 0) is 55.8 Å². The van der Waals surface area contributed by atoms with Gasteiger partial charge in [-0.25, -0.2) is 18.7 Å². The van der Waals surface area contributed by atoms with Crippen LogP contribution in [-0.4, -0.2) is 22.1 Å². The van der Waals surface area contributed by atoms with Gasteiger partial charge in [-0.1, -0.05) is 24.3 Å². The molecule has 0 unspecified atom stereocenters. The number of benzene rings is 2. The van der Waals surface area contributed by atoms with Crippen LogP contribution < -0.4 is 5.32 Å². The lowest BCUT2D eigenvalue weighted by molar-refractivity contribution is -0.112. The second-order valence-electron chi connectivity index (χ2n) is 7.34. The van der Waals surface area contributed by atoms with Gasteiger partial charge < -0.3 is 5.32 Å². The normalized spacial score (nSPS) is 12.7. The van der Waals surface area contributed by atoms with Crippen LogP contribution in [0.3, 0.4) is 0 Å². The number of allylic oxidation sites excluding steroid dienone is 3. The third-order valence-corrected chi connectivity index (χ3v) is 5.09. The summed E-state index contributed by atoms with van der Waals surface area (Å²) in [7, 11) is 0. The van der Waals surface area contributed by atoms with Crippen molar-refractivity contribution in [1.29, 1.82) is 0 Å². The van der Waals surface area contributed by atoms with Crippen LogP contribution in [-0.2, 0) is 4.79 Å². The maximum Gasteiger partial charge on any atom is 0.412 e.